The molecule has 1 heterocycles. The zero-order valence-corrected chi connectivity index (χ0v) is 13.4. The van der Waals surface area contributed by atoms with Crippen LogP contribution in [0.4, 0.5) is 0 Å². The van der Waals surface area contributed by atoms with E-state index in [-0.39, 0.29) is 0 Å². The normalized spacial score (nSPS) is 10.5. The first-order valence-electron chi connectivity index (χ1n) is 5.57. The van der Waals surface area contributed by atoms with Crippen LogP contribution in [-0.2, 0) is 13.2 Å². The third-order valence-electron chi connectivity index (χ3n) is 2.52. The average molecular weight is 363 g/mol. The molecule has 0 aliphatic rings. The number of ether oxygens (including phenoxy) is 2. The van der Waals surface area contributed by atoms with Gasteiger partial charge >= 0.3 is 0 Å². The lowest BCUT2D eigenvalue weighted by Crippen LogP contribution is -2.04. The second kappa shape index (κ2) is 6.61. The summed E-state index contributed by atoms with van der Waals surface area (Å²) >= 11 is 11.1. The van der Waals surface area contributed by atoms with E-state index in [9.17, 15) is 0 Å². The summed E-state index contributed by atoms with van der Waals surface area (Å²) in [4.78, 5) is 1.12. The Balaban J connectivity index is 2.23. The van der Waals surface area contributed by atoms with Crippen LogP contribution in [0.25, 0.3) is 0 Å². The van der Waals surface area contributed by atoms with Crippen LogP contribution < -0.4 is 15.2 Å². The van der Waals surface area contributed by atoms with Gasteiger partial charge in [-0.2, -0.15) is 0 Å². The number of benzene rings is 1. The van der Waals surface area contributed by atoms with E-state index in [1.807, 2.05) is 12.1 Å². The fourth-order valence-corrected chi connectivity index (χ4v) is 3.29. The van der Waals surface area contributed by atoms with Gasteiger partial charge in [-0.25, -0.2) is 0 Å². The fourth-order valence-electron chi connectivity index (χ4n) is 1.66. The number of rotatable bonds is 5. The van der Waals surface area contributed by atoms with E-state index < -0.39 is 0 Å². The minimum absolute atomic E-state index is 0.348. The van der Waals surface area contributed by atoms with Gasteiger partial charge in [-0.05, 0) is 34.1 Å². The third kappa shape index (κ3) is 3.63. The highest BCUT2D eigenvalue weighted by molar-refractivity contribution is 9.11. The zero-order valence-electron chi connectivity index (χ0n) is 10.3. The number of hydrogen-bond acceptors (Lipinski definition) is 4. The van der Waals surface area contributed by atoms with E-state index >= 15 is 0 Å². The first-order chi connectivity index (χ1) is 9.13. The summed E-state index contributed by atoms with van der Waals surface area (Å²) in [5.41, 5.74) is 6.55. The highest BCUT2D eigenvalue weighted by Crippen LogP contribution is 2.35. The maximum Gasteiger partial charge on any atom is 0.166 e. The highest BCUT2D eigenvalue weighted by Gasteiger charge is 2.12. The van der Waals surface area contributed by atoms with Gasteiger partial charge in [0.15, 0.2) is 11.5 Å². The summed E-state index contributed by atoms with van der Waals surface area (Å²) in [5, 5.41) is 0.587. The standard InChI is InChI=1S/C13H13BrClNO2S/c1-17-11-5-9(15)4-8(6-16)13(11)18-7-10-2-3-12(14)19-10/h2-5H,6-7,16H2,1H3. The molecule has 0 atom stereocenters. The van der Waals surface area contributed by atoms with Crippen molar-refractivity contribution in [3.63, 3.8) is 0 Å². The van der Waals surface area contributed by atoms with Crippen LogP contribution in [0, 0.1) is 0 Å². The topological polar surface area (TPSA) is 44.5 Å². The van der Waals surface area contributed by atoms with E-state index in [0.29, 0.717) is 29.7 Å². The molecule has 2 aromatic rings. The number of thiophene rings is 1. The molecular weight excluding hydrogens is 350 g/mol. The van der Waals surface area contributed by atoms with Crippen LogP contribution in [0.5, 0.6) is 11.5 Å². The second-order valence-corrected chi connectivity index (χ2v) is 6.78. The molecule has 2 rings (SSSR count). The summed E-state index contributed by atoms with van der Waals surface area (Å²) in [6.07, 6.45) is 0. The maximum atomic E-state index is 6.00. The van der Waals surface area contributed by atoms with E-state index in [1.54, 1.807) is 30.6 Å². The van der Waals surface area contributed by atoms with Crippen LogP contribution in [0.15, 0.2) is 28.1 Å². The van der Waals surface area contributed by atoms with Crippen molar-refractivity contribution in [2.75, 3.05) is 7.11 Å². The maximum absolute atomic E-state index is 6.00. The molecular formula is C13H13BrClNO2S. The minimum atomic E-state index is 0.348. The number of hydrogen-bond donors (Lipinski definition) is 1. The second-order valence-electron chi connectivity index (χ2n) is 3.79. The van der Waals surface area contributed by atoms with Crippen LogP contribution in [0.2, 0.25) is 5.02 Å². The predicted molar refractivity (Wildman–Crippen MR) is 82.2 cm³/mol. The Hall–Kier alpha value is -0.750. The van der Waals surface area contributed by atoms with E-state index in [2.05, 4.69) is 15.9 Å². The summed E-state index contributed by atoms with van der Waals surface area (Å²) < 4.78 is 12.2. The van der Waals surface area contributed by atoms with Gasteiger partial charge in [0.25, 0.3) is 0 Å². The quantitative estimate of drug-likeness (QED) is 0.866. The van der Waals surface area contributed by atoms with Crippen LogP contribution in [0.3, 0.4) is 0 Å². The van der Waals surface area contributed by atoms with Crippen molar-refractivity contribution in [1.29, 1.82) is 0 Å². The SMILES string of the molecule is COc1cc(Cl)cc(CN)c1OCc1ccc(Br)s1. The molecule has 1 aromatic heterocycles. The molecule has 0 radical (unpaired) electrons. The summed E-state index contributed by atoms with van der Waals surface area (Å²) in [5.74, 6) is 1.25. The monoisotopic (exact) mass is 361 g/mol. The van der Waals surface area contributed by atoms with Crippen molar-refractivity contribution < 1.29 is 9.47 Å². The van der Waals surface area contributed by atoms with Gasteiger partial charge in [-0.1, -0.05) is 11.6 Å². The predicted octanol–water partition coefficient (Wildman–Crippen LogP) is 4.21. The van der Waals surface area contributed by atoms with Crippen LogP contribution in [0.1, 0.15) is 10.4 Å². The Labute approximate surface area is 129 Å². The van der Waals surface area contributed by atoms with Crippen LogP contribution >= 0.6 is 38.9 Å². The summed E-state index contributed by atoms with van der Waals surface area (Å²) in [6.45, 7) is 0.821. The van der Waals surface area contributed by atoms with Crippen molar-refractivity contribution >= 4 is 38.9 Å². The largest absolute Gasteiger partial charge is 0.493 e. The lowest BCUT2D eigenvalue weighted by atomic mass is 10.2. The van der Waals surface area contributed by atoms with Gasteiger partial charge in [0.05, 0.1) is 10.9 Å². The number of nitrogens with two attached hydrogens (primary N) is 1. The Morgan fingerprint density at radius 3 is 2.74 bits per heavy atom. The Kier molecular flexibility index (Phi) is 5.10. The van der Waals surface area contributed by atoms with Gasteiger partial charge in [0.2, 0.25) is 0 Å². The molecule has 0 aliphatic carbocycles. The first-order valence-corrected chi connectivity index (χ1v) is 7.56. The molecule has 1 aromatic carbocycles. The molecule has 0 bridgehead atoms. The van der Waals surface area contributed by atoms with E-state index in [0.717, 1.165) is 14.2 Å². The fraction of sp³-hybridized carbons (Fsp3) is 0.231. The van der Waals surface area contributed by atoms with Crippen molar-refractivity contribution in [2.45, 2.75) is 13.2 Å². The zero-order chi connectivity index (χ0) is 13.8. The summed E-state index contributed by atoms with van der Waals surface area (Å²) in [6, 6.07) is 7.52. The minimum Gasteiger partial charge on any atom is -0.493 e. The molecule has 0 fully saturated rings. The van der Waals surface area contributed by atoms with Gasteiger partial charge in [-0.15, -0.1) is 11.3 Å². The molecule has 0 saturated carbocycles. The summed E-state index contributed by atoms with van der Waals surface area (Å²) in [7, 11) is 1.58. The molecule has 0 unspecified atom stereocenters. The Morgan fingerprint density at radius 2 is 2.16 bits per heavy atom. The molecule has 6 heteroatoms. The average Bonchev–Trinajstić information content (AvgIpc) is 2.81. The van der Waals surface area contributed by atoms with E-state index in [1.165, 1.54) is 0 Å². The van der Waals surface area contributed by atoms with Crippen molar-refractivity contribution in [2.24, 2.45) is 5.73 Å². The first kappa shape index (κ1) is 14.7. The van der Waals surface area contributed by atoms with Crippen LogP contribution in [-0.4, -0.2) is 7.11 Å². The molecule has 3 nitrogen and oxygen atoms in total. The van der Waals surface area contributed by atoms with Crippen molar-refractivity contribution in [3.05, 3.63) is 43.5 Å². The molecule has 0 amide bonds. The van der Waals surface area contributed by atoms with Gasteiger partial charge in [0, 0.05) is 28.1 Å². The molecule has 0 saturated heterocycles. The van der Waals surface area contributed by atoms with Gasteiger partial charge in [-0.3, -0.25) is 0 Å². The Morgan fingerprint density at radius 1 is 1.37 bits per heavy atom. The molecule has 102 valence electrons. The molecule has 0 aliphatic heterocycles. The van der Waals surface area contributed by atoms with Crippen molar-refractivity contribution in [3.8, 4) is 11.5 Å². The number of halogens is 2. The molecule has 2 N–H and O–H groups in total. The number of methoxy groups -OCH3 is 1. The van der Waals surface area contributed by atoms with E-state index in [4.69, 9.17) is 26.8 Å². The lowest BCUT2D eigenvalue weighted by Gasteiger charge is -2.14. The van der Waals surface area contributed by atoms with Crippen molar-refractivity contribution in [1.82, 2.24) is 0 Å². The Bertz CT molecular complexity index is 549. The third-order valence-corrected chi connectivity index (χ3v) is 4.34. The smallest absolute Gasteiger partial charge is 0.166 e. The molecule has 19 heavy (non-hydrogen) atoms. The van der Waals surface area contributed by atoms with Gasteiger partial charge < -0.3 is 15.2 Å². The highest BCUT2D eigenvalue weighted by atomic mass is 79.9. The van der Waals surface area contributed by atoms with Gasteiger partial charge in [0.1, 0.15) is 6.61 Å². The lowest BCUT2D eigenvalue weighted by molar-refractivity contribution is 0.284. The molecule has 0 spiro atoms.